The van der Waals surface area contributed by atoms with Crippen LogP contribution in [0.4, 0.5) is 0 Å². The average molecular weight is 465 g/mol. The molecular formula is C19H16NO9PS-2. The monoisotopic (exact) mass is 465 g/mol. The first-order valence-electron chi connectivity index (χ1n) is 8.75. The molecule has 1 aromatic heterocycles. The molecule has 0 saturated carbocycles. The summed E-state index contributed by atoms with van der Waals surface area (Å²) in [4.78, 5) is 22.5. The van der Waals surface area contributed by atoms with Crippen molar-refractivity contribution in [1.29, 1.82) is 0 Å². The van der Waals surface area contributed by atoms with Crippen LogP contribution in [0, 0.1) is 0 Å². The summed E-state index contributed by atoms with van der Waals surface area (Å²) < 4.78 is 47.1. The standard InChI is InChI=1S/C19H18NO9PS/c1-24-13-4-10(5-16(18(13)26-3)29-30(21,22)23)12-8-31-20-17(12)11-6-14(25-2)19-15(7-11)27-9-28-19/h4-8H,9H2,1-3H3,(H2,21,22,23)/p-2. The van der Waals surface area contributed by atoms with Crippen LogP contribution < -0.4 is 38.0 Å². The normalized spacial score (nSPS) is 12.5. The molecule has 3 aromatic rings. The molecule has 31 heavy (non-hydrogen) atoms. The van der Waals surface area contributed by atoms with E-state index in [1.54, 1.807) is 23.6 Å². The Bertz CT molecular complexity index is 1170. The molecule has 0 atom stereocenters. The molecule has 2 heterocycles. The lowest BCUT2D eigenvalue weighted by molar-refractivity contribution is -0.333. The fourth-order valence-electron chi connectivity index (χ4n) is 3.19. The SMILES string of the molecule is COc1cc(-c2csnc2-c2cc(OC)c3c(c2)OCO3)cc(OP(=O)([O-])[O-])c1OC. The molecular weight excluding hydrogens is 449 g/mol. The van der Waals surface area contributed by atoms with E-state index < -0.39 is 7.82 Å². The molecule has 1 aliphatic rings. The maximum Gasteiger partial charge on any atom is 0.231 e. The van der Waals surface area contributed by atoms with Crippen molar-refractivity contribution < 1.29 is 42.6 Å². The fraction of sp³-hybridized carbons (Fsp3) is 0.211. The van der Waals surface area contributed by atoms with Crippen molar-refractivity contribution in [3.05, 3.63) is 29.6 Å². The van der Waals surface area contributed by atoms with Gasteiger partial charge in [0.05, 0.1) is 27.0 Å². The van der Waals surface area contributed by atoms with Gasteiger partial charge in [0, 0.05) is 16.5 Å². The van der Waals surface area contributed by atoms with Gasteiger partial charge in [-0.25, -0.2) is 0 Å². The molecule has 1 aliphatic heterocycles. The van der Waals surface area contributed by atoms with Gasteiger partial charge < -0.3 is 42.6 Å². The van der Waals surface area contributed by atoms with Crippen molar-refractivity contribution in [2.45, 2.75) is 0 Å². The van der Waals surface area contributed by atoms with Gasteiger partial charge in [-0.3, -0.25) is 0 Å². The number of phosphoric acid groups is 1. The second-order valence-electron chi connectivity index (χ2n) is 6.24. The van der Waals surface area contributed by atoms with Crippen LogP contribution in [0.1, 0.15) is 0 Å². The van der Waals surface area contributed by atoms with E-state index in [9.17, 15) is 14.4 Å². The molecule has 0 bridgehead atoms. The van der Waals surface area contributed by atoms with Crippen LogP contribution in [-0.2, 0) is 4.57 Å². The molecule has 2 aromatic carbocycles. The molecule has 0 saturated heterocycles. The molecule has 0 aliphatic carbocycles. The van der Waals surface area contributed by atoms with Gasteiger partial charge >= 0.3 is 0 Å². The minimum atomic E-state index is -5.34. The zero-order chi connectivity index (χ0) is 22.2. The molecule has 164 valence electrons. The fourth-order valence-corrected chi connectivity index (χ4v) is 4.28. The smallest absolute Gasteiger partial charge is 0.231 e. The van der Waals surface area contributed by atoms with Crippen molar-refractivity contribution in [3.8, 4) is 56.9 Å². The maximum atomic E-state index is 11.2. The maximum absolute atomic E-state index is 11.2. The van der Waals surface area contributed by atoms with E-state index in [2.05, 4.69) is 8.90 Å². The van der Waals surface area contributed by atoms with Crippen LogP contribution in [0.2, 0.25) is 0 Å². The summed E-state index contributed by atoms with van der Waals surface area (Å²) >= 11 is 1.19. The van der Waals surface area contributed by atoms with Crippen molar-refractivity contribution in [2.24, 2.45) is 0 Å². The number of benzene rings is 2. The van der Waals surface area contributed by atoms with Gasteiger partial charge in [-0.1, -0.05) is 0 Å². The van der Waals surface area contributed by atoms with Gasteiger partial charge in [0.2, 0.25) is 18.3 Å². The summed E-state index contributed by atoms with van der Waals surface area (Å²) in [6.07, 6.45) is 0. The first-order valence-corrected chi connectivity index (χ1v) is 11.0. The third kappa shape index (κ3) is 4.13. The number of rotatable bonds is 7. The van der Waals surface area contributed by atoms with Gasteiger partial charge in [-0.05, 0) is 41.4 Å². The zero-order valence-electron chi connectivity index (χ0n) is 16.6. The Balaban J connectivity index is 1.86. The number of ether oxygens (including phenoxy) is 5. The topological polar surface area (TPSA) is 131 Å². The van der Waals surface area contributed by atoms with E-state index in [1.165, 1.54) is 38.9 Å². The lowest BCUT2D eigenvalue weighted by Crippen LogP contribution is -2.19. The summed E-state index contributed by atoms with van der Waals surface area (Å²) in [5, 5.41) is 1.77. The van der Waals surface area contributed by atoms with E-state index in [0.29, 0.717) is 39.6 Å². The molecule has 0 N–H and O–H groups in total. The highest BCUT2D eigenvalue weighted by molar-refractivity contribution is 7.43. The van der Waals surface area contributed by atoms with E-state index >= 15 is 0 Å². The number of methoxy groups -OCH3 is 3. The summed E-state index contributed by atoms with van der Waals surface area (Å²) in [5.74, 6) is 1.39. The lowest BCUT2D eigenvalue weighted by atomic mass is 10.0. The van der Waals surface area contributed by atoms with Crippen molar-refractivity contribution in [2.75, 3.05) is 28.1 Å². The summed E-state index contributed by atoms with van der Waals surface area (Å²) in [6, 6.07) is 6.53. The van der Waals surface area contributed by atoms with Crippen LogP contribution in [-0.4, -0.2) is 32.5 Å². The average Bonchev–Trinajstić information content (AvgIpc) is 3.40. The second-order valence-corrected chi connectivity index (χ2v) is 7.94. The van der Waals surface area contributed by atoms with Gasteiger partial charge in [0.15, 0.2) is 23.0 Å². The highest BCUT2D eigenvalue weighted by atomic mass is 32.1. The minimum absolute atomic E-state index is 0.0207. The molecule has 0 spiro atoms. The van der Waals surface area contributed by atoms with Crippen molar-refractivity contribution in [1.82, 2.24) is 4.37 Å². The zero-order valence-corrected chi connectivity index (χ0v) is 18.3. The highest BCUT2D eigenvalue weighted by Crippen LogP contribution is 2.49. The van der Waals surface area contributed by atoms with Gasteiger partial charge in [-0.2, -0.15) is 4.37 Å². The number of hydrogen-bond acceptors (Lipinski definition) is 11. The van der Waals surface area contributed by atoms with E-state index in [-0.39, 0.29) is 24.0 Å². The molecule has 12 heteroatoms. The predicted molar refractivity (Wildman–Crippen MR) is 107 cm³/mol. The molecule has 10 nitrogen and oxygen atoms in total. The van der Waals surface area contributed by atoms with Gasteiger partial charge in [0.1, 0.15) is 7.82 Å². The predicted octanol–water partition coefficient (Wildman–Crippen LogP) is 2.44. The second kappa shape index (κ2) is 8.27. The summed E-state index contributed by atoms with van der Waals surface area (Å²) in [7, 11) is -1.13. The summed E-state index contributed by atoms with van der Waals surface area (Å²) in [6.45, 7) is 0.0832. The van der Waals surface area contributed by atoms with Crippen molar-refractivity contribution >= 4 is 19.4 Å². The Morgan fingerprint density at radius 3 is 2.35 bits per heavy atom. The number of nitrogens with zero attached hydrogens (tertiary/aromatic N) is 1. The largest absolute Gasteiger partial charge is 0.780 e. The molecule has 0 amide bonds. The molecule has 0 fully saturated rings. The Labute approximate surface area is 181 Å². The van der Waals surface area contributed by atoms with Crippen LogP contribution >= 0.6 is 19.4 Å². The Hall–Kier alpha value is -2.98. The summed E-state index contributed by atoms with van der Waals surface area (Å²) in [5.41, 5.74) is 2.41. The van der Waals surface area contributed by atoms with Crippen LogP contribution in [0.3, 0.4) is 0 Å². The quantitative estimate of drug-likeness (QED) is 0.479. The van der Waals surface area contributed by atoms with E-state index in [1.807, 2.05) is 0 Å². The third-order valence-corrected chi connectivity index (χ3v) is 5.52. The van der Waals surface area contributed by atoms with Crippen molar-refractivity contribution in [3.63, 3.8) is 0 Å². The Kier molecular flexibility index (Phi) is 5.67. The van der Waals surface area contributed by atoms with E-state index in [4.69, 9.17) is 23.7 Å². The number of aromatic nitrogens is 1. The minimum Gasteiger partial charge on any atom is -0.780 e. The van der Waals surface area contributed by atoms with Crippen LogP contribution in [0.5, 0.6) is 34.5 Å². The van der Waals surface area contributed by atoms with E-state index in [0.717, 1.165) is 0 Å². The third-order valence-electron chi connectivity index (χ3n) is 4.47. The Morgan fingerprint density at radius 2 is 1.68 bits per heavy atom. The number of hydrogen-bond donors (Lipinski definition) is 0. The highest BCUT2D eigenvalue weighted by Gasteiger charge is 2.24. The first kappa shape index (κ1) is 21.3. The van der Waals surface area contributed by atoms with Crippen LogP contribution in [0.25, 0.3) is 22.4 Å². The molecule has 4 rings (SSSR count). The van der Waals surface area contributed by atoms with Gasteiger partial charge in [0.25, 0.3) is 0 Å². The number of phosphoric ester groups is 1. The molecule has 0 unspecified atom stereocenters. The number of fused-ring (bicyclic) bond motifs is 1. The molecule has 0 radical (unpaired) electrons. The Morgan fingerprint density at radius 1 is 0.968 bits per heavy atom. The first-order chi connectivity index (χ1) is 14.8. The van der Waals surface area contributed by atoms with Gasteiger partial charge in [-0.15, -0.1) is 0 Å². The lowest BCUT2D eigenvalue weighted by Gasteiger charge is -2.30. The van der Waals surface area contributed by atoms with Crippen LogP contribution in [0.15, 0.2) is 29.6 Å².